The molecule has 2 fully saturated rings. The molecule has 0 unspecified atom stereocenters. The lowest BCUT2D eigenvalue weighted by Crippen LogP contribution is -2.35. The Morgan fingerprint density at radius 3 is 2.87 bits per heavy atom. The largest absolute Gasteiger partial charge is 0.339 e. The molecule has 0 N–H and O–H groups in total. The van der Waals surface area contributed by atoms with Gasteiger partial charge in [0.15, 0.2) is 5.13 Å². The third-order valence-electron chi connectivity index (χ3n) is 4.43. The minimum absolute atomic E-state index is 0.147. The van der Waals surface area contributed by atoms with Crippen molar-refractivity contribution in [3.8, 4) is 0 Å². The number of hydrogen-bond acceptors (Lipinski definition) is 4. The maximum Gasteiger partial charge on any atom is 0.228 e. The van der Waals surface area contributed by atoms with Crippen LogP contribution >= 0.6 is 11.3 Å². The maximum atomic E-state index is 12.6. The van der Waals surface area contributed by atoms with Crippen LogP contribution in [0.4, 0.5) is 5.13 Å². The smallest absolute Gasteiger partial charge is 0.228 e. The van der Waals surface area contributed by atoms with Gasteiger partial charge >= 0.3 is 0 Å². The Bertz CT molecular complexity index is 580. The summed E-state index contributed by atoms with van der Waals surface area (Å²) in [5, 5.41) is 2.67. The Kier molecular flexibility index (Phi) is 4.99. The Morgan fingerprint density at radius 1 is 1.48 bits per heavy atom. The SMILES string of the molecule is CC(C)CCN(C(=O)Cc1csc(N2CCCC2=O)n1)C1CC1. The molecule has 0 atom stereocenters. The van der Waals surface area contributed by atoms with E-state index in [0.29, 0.717) is 24.8 Å². The molecule has 1 aromatic rings. The monoisotopic (exact) mass is 335 g/mol. The number of carbonyl (C=O) groups excluding carboxylic acids is 2. The lowest BCUT2D eigenvalue weighted by atomic mass is 10.1. The van der Waals surface area contributed by atoms with E-state index in [0.717, 1.165) is 49.6 Å². The van der Waals surface area contributed by atoms with E-state index in [9.17, 15) is 9.59 Å². The summed E-state index contributed by atoms with van der Waals surface area (Å²) in [7, 11) is 0. The van der Waals surface area contributed by atoms with Crippen LogP contribution < -0.4 is 4.90 Å². The molecule has 1 saturated heterocycles. The van der Waals surface area contributed by atoms with Gasteiger partial charge in [-0.2, -0.15) is 0 Å². The number of carbonyl (C=O) groups is 2. The minimum atomic E-state index is 0.147. The molecule has 5 nitrogen and oxygen atoms in total. The highest BCUT2D eigenvalue weighted by atomic mass is 32.1. The number of anilines is 1. The highest BCUT2D eigenvalue weighted by molar-refractivity contribution is 7.14. The molecule has 1 saturated carbocycles. The number of thiazole rings is 1. The third-order valence-corrected chi connectivity index (χ3v) is 5.34. The van der Waals surface area contributed by atoms with Crippen molar-refractivity contribution in [3.63, 3.8) is 0 Å². The minimum Gasteiger partial charge on any atom is -0.339 e. The average molecular weight is 335 g/mol. The van der Waals surface area contributed by atoms with Gasteiger partial charge in [0, 0.05) is 30.9 Å². The van der Waals surface area contributed by atoms with Crippen molar-refractivity contribution in [3.05, 3.63) is 11.1 Å². The van der Waals surface area contributed by atoms with Crippen molar-refractivity contribution in [2.45, 2.75) is 58.4 Å². The standard InChI is InChI=1S/C17H25N3O2S/c1-12(2)7-9-19(14-5-6-14)16(22)10-13-11-23-17(18-13)20-8-3-4-15(20)21/h11-12,14H,3-10H2,1-2H3. The van der Waals surface area contributed by atoms with Crippen LogP contribution in [0.2, 0.25) is 0 Å². The Balaban J connectivity index is 1.60. The summed E-state index contributed by atoms with van der Waals surface area (Å²) in [6, 6.07) is 0.444. The van der Waals surface area contributed by atoms with E-state index in [2.05, 4.69) is 18.8 Å². The first-order valence-corrected chi connectivity index (χ1v) is 9.47. The van der Waals surface area contributed by atoms with Gasteiger partial charge < -0.3 is 4.90 Å². The second kappa shape index (κ2) is 6.99. The molecule has 2 heterocycles. The fraction of sp³-hybridized carbons (Fsp3) is 0.706. The molecular formula is C17H25N3O2S. The van der Waals surface area contributed by atoms with Crippen molar-refractivity contribution in [2.75, 3.05) is 18.0 Å². The van der Waals surface area contributed by atoms with E-state index in [-0.39, 0.29) is 11.8 Å². The van der Waals surface area contributed by atoms with Gasteiger partial charge in [-0.05, 0) is 31.6 Å². The summed E-state index contributed by atoms with van der Waals surface area (Å²) in [6.45, 7) is 5.98. The molecule has 2 aliphatic rings. The van der Waals surface area contributed by atoms with E-state index in [4.69, 9.17) is 0 Å². The van der Waals surface area contributed by atoms with Crippen molar-refractivity contribution >= 4 is 28.3 Å². The Labute approximate surface area is 141 Å². The molecule has 3 rings (SSSR count). The zero-order chi connectivity index (χ0) is 16.4. The summed E-state index contributed by atoms with van der Waals surface area (Å²) >= 11 is 1.47. The molecule has 2 amide bonds. The second-order valence-corrected chi connectivity index (χ2v) is 7.78. The van der Waals surface area contributed by atoms with E-state index < -0.39 is 0 Å². The molecule has 23 heavy (non-hydrogen) atoms. The van der Waals surface area contributed by atoms with Crippen LogP contribution in [0.5, 0.6) is 0 Å². The quantitative estimate of drug-likeness (QED) is 0.770. The summed E-state index contributed by atoms with van der Waals surface area (Å²) < 4.78 is 0. The summed E-state index contributed by atoms with van der Waals surface area (Å²) in [5.41, 5.74) is 0.796. The number of hydrogen-bond donors (Lipinski definition) is 0. The molecule has 1 aromatic heterocycles. The van der Waals surface area contributed by atoms with E-state index in [1.165, 1.54) is 11.3 Å². The van der Waals surface area contributed by atoms with E-state index in [1.54, 1.807) is 4.90 Å². The molecule has 1 aliphatic carbocycles. The molecular weight excluding hydrogens is 310 g/mol. The zero-order valence-electron chi connectivity index (χ0n) is 14.0. The van der Waals surface area contributed by atoms with Gasteiger partial charge in [-0.25, -0.2) is 4.98 Å². The van der Waals surface area contributed by atoms with Crippen molar-refractivity contribution in [1.29, 1.82) is 0 Å². The van der Waals surface area contributed by atoms with Gasteiger partial charge in [0.25, 0.3) is 0 Å². The van der Waals surface area contributed by atoms with Crippen LogP contribution in [0.3, 0.4) is 0 Å². The summed E-state index contributed by atoms with van der Waals surface area (Å²) in [6.07, 6.45) is 5.18. The molecule has 0 aromatic carbocycles. The number of aromatic nitrogens is 1. The van der Waals surface area contributed by atoms with Crippen LogP contribution in [-0.4, -0.2) is 40.8 Å². The molecule has 1 aliphatic heterocycles. The van der Waals surface area contributed by atoms with Crippen LogP contribution in [0.15, 0.2) is 5.38 Å². The van der Waals surface area contributed by atoms with Gasteiger partial charge in [0.05, 0.1) is 12.1 Å². The number of amides is 2. The van der Waals surface area contributed by atoms with Crippen LogP contribution in [0.25, 0.3) is 0 Å². The normalized spacial score (nSPS) is 18.0. The first-order chi connectivity index (χ1) is 11.0. The molecule has 0 radical (unpaired) electrons. The summed E-state index contributed by atoms with van der Waals surface area (Å²) in [5.74, 6) is 0.933. The Morgan fingerprint density at radius 2 is 2.26 bits per heavy atom. The lowest BCUT2D eigenvalue weighted by molar-refractivity contribution is -0.131. The van der Waals surface area contributed by atoms with E-state index in [1.807, 2.05) is 10.3 Å². The number of rotatable bonds is 7. The van der Waals surface area contributed by atoms with Crippen LogP contribution in [0.1, 0.15) is 51.6 Å². The number of nitrogens with zero attached hydrogens (tertiary/aromatic N) is 3. The highest BCUT2D eigenvalue weighted by Crippen LogP contribution is 2.29. The predicted octanol–water partition coefficient (Wildman–Crippen LogP) is 2.85. The van der Waals surface area contributed by atoms with E-state index >= 15 is 0 Å². The highest BCUT2D eigenvalue weighted by Gasteiger charge is 2.32. The van der Waals surface area contributed by atoms with Gasteiger partial charge in [0.1, 0.15) is 0 Å². The van der Waals surface area contributed by atoms with Crippen molar-refractivity contribution in [2.24, 2.45) is 5.92 Å². The third kappa shape index (κ3) is 4.10. The molecule has 0 bridgehead atoms. The maximum absolute atomic E-state index is 12.6. The van der Waals surface area contributed by atoms with Crippen molar-refractivity contribution < 1.29 is 9.59 Å². The van der Waals surface area contributed by atoms with Gasteiger partial charge in [-0.15, -0.1) is 11.3 Å². The zero-order valence-corrected chi connectivity index (χ0v) is 14.8. The second-order valence-electron chi connectivity index (χ2n) is 6.95. The average Bonchev–Trinajstić information content (AvgIpc) is 3.07. The van der Waals surface area contributed by atoms with Crippen molar-refractivity contribution in [1.82, 2.24) is 9.88 Å². The fourth-order valence-electron chi connectivity index (χ4n) is 2.90. The molecule has 0 spiro atoms. The summed E-state index contributed by atoms with van der Waals surface area (Å²) in [4.78, 5) is 32.7. The fourth-order valence-corrected chi connectivity index (χ4v) is 3.77. The topological polar surface area (TPSA) is 53.5 Å². The van der Waals surface area contributed by atoms with Gasteiger partial charge in [-0.3, -0.25) is 14.5 Å². The molecule has 6 heteroatoms. The molecule has 126 valence electrons. The first kappa shape index (κ1) is 16.4. The first-order valence-electron chi connectivity index (χ1n) is 8.59. The lowest BCUT2D eigenvalue weighted by Gasteiger charge is -2.23. The Hall–Kier alpha value is -1.43. The van der Waals surface area contributed by atoms with Gasteiger partial charge in [-0.1, -0.05) is 13.8 Å². The van der Waals surface area contributed by atoms with Gasteiger partial charge in [0.2, 0.25) is 11.8 Å². The van der Waals surface area contributed by atoms with Crippen LogP contribution in [0, 0.1) is 5.92 Å². The van der Waals surface area contributed by atoms with Crippen LogP contribution in [-0.2, 0) is 16.0 Å². The predicted molar refractivity (Wildman–Crippen MR) is 91.6 cm³/mol.